The molecule has 0 aliphatic heterocycles. The van der Waals surface area contributed by atoms with Crippen molar-refractivity contribution in [2.75, 3.05) is 0 Å². The fourth-order valence-corrected chi connectivity index (χ4v) is 1.98. The number of non-ortho nitro benzene ring substituents is 1. The van der Waals surface area contributed by atoms with E-state index in [2.05, 4.69) is 15.9 Å². The first-order chi connectivity index (χ1) is 6.30. The van der Waals surface area contributed by atoms with E-state index < -0.39 is 25.6 Å². The normalized spacial score (nSPS) is 10.5. The van der Waals surface area contributed by atoms with Crippen LogP contribution in [0.15, 0.2) is 27.6 Å². The molecule has 0 fully saturated rings. The fraction of sp³-hybridized carbons (Fsp3) is 0. The summed E-state index contributed by atoms with van der Waals surface area (Å²) in [4.78, 5) is 9.07. The van der Waals surface area contributed by atoms with Gasteiger partial charge >= 0.3 is 29.6 Å². The van der Waals surface area contributed by atoms with Crippen molar-refractivity contribution in [3.05, 3.63) is 32.8 Å². The monoisotopic (exact) mass is 305 g/mol. The number of nitro benzene ring substituents is 1. The number of nitrogens with zero attached hydrogens (tertiary/aromatic N) is 1. The van der Waals surface area contributed by atoms with Gasteiger partial charge in [0.25, 0.3) is 15.8 Å². The number of hydrogen-bond acceptors (Lipinski definition) is 4. The number of hydrogen-bond donors (Lipinski definition) is 1. The first kappa shape index (κ1) is 15.0. The first-order valence-electron chi connectivity index (χ1n) is 3.23. The molecule has 1 aromatic rings. The van der Waals surface area contributed by atoms with Crippen molar-refractivity contribution in [2.45, 2.75) is 4.90 Å². The van der Waals surface area contributed by atoms with Gasteiger partial charge in [0, 0.05) is 16.6 Å². The van der Waals surface area contributed by atoms with Crippen molar-refractivity contribution in [2.24, 2.45) is 0 Å². The average molecular weight is 306 g/mol. The zero-order valence-electron chi connectivity index (χ0n) is 6.55. The zero-order valence-corrected chi connectivity index (χ0v) is 8.95. The van der Waals surface area contributed by atoms with Crippen molar-refractivity contribution < 1.29 is 17.9 Å². The van der Waals surface area contributed by atoms with Crippen LogP contribution in [-0.2, 0) is 10.1 Å². The molecule has 0 saturated heterocycles. The summed E-state index contributed by atoms with van der Waals surface area (Å²) in [5, 5.41) is 10.3. The van der Waals surface area contributed by atoms with Crippen molar-refractivity contribution in [1.29, 1.82) is 0 Å². The van der Waals surface area contributed by atoms with Crippen LogP contribution in [0, 0.1) is 10.1 Å². The summed E-state index contributed by atoms with van der Waals surface area (Å²) in [5.74, 6) is 0. The molecule has 78 valence electrons. The molecule has 1 N–H and O–H groups in total. The summed E-state index contributed by atoms with van der Waals surface area (Å²) in [7, 11) is -4.42. The number of benzene rings is 1. The summed E-state index contributed by atoms with van der Waals surface area (Å²) in [6.45, 7) is 0. The van der Waals surface area contributed by atoms with Gasteiger partial charge in [-0.2, -0.15) is 8.42 Å². The maximum absolute atomic E-state index is 10.7. The Morgan fingerprint density at radius 2 is 1.87 bits per heavy atom. The molecule has 0 aliphatic rings. The van der Waals surface area contributed by atoms with Gasteiger partial charge in [-0.15, -0.1) is 0 Å². The minimum absolute atomic E-state index is 0. The van der Waals surface area contributed by atoms with Crippen LogP contribution >= 0.6 is 15.9 Å². The molecule has 0 radical (unpaired) electrons. The van der Waals surface area contributed by atoms with Crippen LogP contribution in [0.25, 0.3) is 0 Å². The van der Waals surface area contributed by atoms with Gasteiger partial charge in [-0.05, 0) is 6.07 Å². The van der Waals surface area contributed by atoms with Gasteiger partial charge in [-0.1, -0.05) is 15.9 Å². The fourth-order valence-electron chi connectivity index (χ4n) is 0.802. The van der Waals surface area contributed by atoms with Crippen LogP contribution in [0.2, 0.25) is 0 Å². The zero-order chi connectivity index (χ0) is 10.9. The Hall–Kier alpha value is 0.01000. The number of rotatable bonds is 2. The molecule has 0 heterocycles. The van der Waals surface area contributed by atoms with Crippen molar-refractivity contribution in [1.82, 2.24) is 0 Å². The van der Waals surface area contributed by atoms with Gasteiger partial charge in [0.05, 0.1) is 4.92 Å². The van der Waals surface area contributed by atoms with Gasteiger partial charge in [0.2, 0.25) is 0 Å². The van der Waals surface area contributed by atoms with Crippen molar-refractivity contribution >= 4 is 61.3 Å². The third kappa shape index (κ3) is 4.17. The van der Waals surface area contributed by atoms with E-state index in [0.29, 0.717) is 0 Å². The third-order valence-electron chi connectivity index (χ3n) is 1.36. The second-order valence-corrected chi connectivity index (χ2v) is 4.71. The Kier molecular flexibility index (Phi) is 5.38. The molecule has 0 aliphatic carbocycles. The van der Waals surface area contributed by atoms with Crippen LogP contribution in [0.5, 0.6) is 0 Å². The summed E-state index contributed by atoms with van der Waals surface area (Å²) in [6.07, 6.45) is 0. The molecular formula is C6H5BrNNaO5S. The van der Waals surface area contributed by atoms with Crippen LogP contribution in [0.1, 0.15) is 0 Å². The molecular weight excluding hydrogens is 301 g/mol. The summed E-state index contributed by atoms with van der Waals surface area (Å²) < 4.78 is 30.2. The standard InChI is InChI=1S/C6H4BrNO5S.Na.H/c7-4-1-5(8(9)10)3-6(2-4)14(11,12)13;;/h1-3H,(H,11,12,13);;. The Morgan fingerprint density at radius 1 is 1.33 bits per heavy atom. The molecule has 15 heavy (non-hydrogen) atoms. The molecule has 0 saturated carbocycles. The van der Waals surface area contributed by atoms with E-state index >= 15 is 0 Å². The molecule has 0 amide bonds. The molecule has 0 bridgehead atoms. The molecule has 6 nitrogen and oxygen atoms in total. The maximum atomic E-state index is 10.7. The van der Waals surface area contributed by atoms with E-state index in [9.17, 15) is 18.5 Å². The van der Waals surface area contributed by atoms with Crippen LogP contribution in [-0.4, -0.2) is 47.5 Å². The molecule has 1 rings (SSSR count). The topological polar surface area (TPSA) is 97.5 Å². The van der Waals surface area contributed by atoms with E-state index in [1.165, 1.54) is 0 Å². The molecule has 1 aromatic carbocycles. The van der Waals surface area contributed by atoms with E-state index in [-0.39, 0.29) is 34.0 Å². The molecule has 0 spiro atoms. The van der Waals surface area contributed by atoms with Gasteiger partial charge in [0.15, 0.2) is 0 Å². The van der Waals surface area contributed by atoms with Crippen LogP contribution in [0.3, 0.4) is 0 Å². The molecule has 9 heteroatoms. The Morgan fingerprint density at radius 3 is 2.27 bits per heavy atom. The van der Waals surface area contributed by atoms with Gasteiger partial charge in [-0.25, -0.2) is 0 Å². The minimum atomic E-state index is -4.42. The Bertz CT molecular complexity index is 488. The van der Waals surface area contributed by atoms with Crippen molar-refractivity contribution in [3.63, 3.8) is 0 Å². The predicted molar refractivity (Wildman–Crippen MR) is 57.8 cm³/mol. The van der Waals surface area contributed by atoms with E-state index in [1.54, 1.807) is 0 Å². The van der Waals surface area contributed by atoms with Crippen LogP contribution < -0.4 is 0 Å². The summed E-state index contributed by atoms with van der Waals surface area (Å²) >= 11 is 2.89. The Balaban J connectivity index is 0.00000196. The summed E-state index contributed by atoms with van der Waals surface area (Å²) in [6, 6.07) is 2.98. The van der Waals surface area contributed by atoms with Gasteiger partial charge in [0.1, 0.15) is 4.90 Å². The van der Waals surface area contributed by atoms with Gasteiger partial charge in [-0.3, -0.25) is 14.7 Å². The second-order valence-electron chi connectivity index (χ2n) is 2.38. The predicted octanol–water partition coefficient (Wildman–Crippen LogP) is 0.956. The quantitative estimate of drug-likeness (QED) is 0.380. The van der Waals surface area contributed by atoms with E-state index in [0.717, 1.165) is 18.2 Å². The molecule has 0 aromatic heterocycles. The number of halogens is 1. The third-order valence-corrected chi connectivity index (χ3v) is 2.65. The average Bonchev–Trinajstić information content (AvgIpc) is 2.01. The van der Waals surface area contributed by atoms with Gasteiger partial charge < -0.3 is 0 Å². The molecule has 0 unspecified atom stereocenters. The number of nitro groups is 1. The SMILES string of the molecule is O=[N+]([O-])c1cc(Br)cc(S(=O)(=O)O)c1.[NaH]. The second kappa shape index (κ2) is 5.37. The van der Waals surface area contributed by atoms with Crippen LogP contribution in [0.4, 0.5) is 5.69 Å². The van der Waals surface area contributed by atoms with Crippen molar-refractivity contribution in [3.8, 4) is 0 Å². The Labute approximate surface area is 116 Å². The summed E-state index contributed by atoms with van der Waals surface area (Å²) in [5.41, 5.74) is -0.410. The molecule has 0 atom stereocenters. The van der Waals surface area contributed by atoms with E-state index in [4.69, 9.17) is 4.55 Å². The first-order valence-corrected chi connectivity index (χ1v) is 5.46. The van der Waals surface area contributed by atoms with E-state index in [1.807, 2.05) is 0 Å².